The highest BCUT2D eigenvalue weighted by molar-refractivity contribution is 4.79. The van der Waals surface area contributed by atoms with Gasteiger partial charge in [-0.1, -0.05) is 13.3 Å². The fourth-order valence-corrected chi connectivity index (χ4v) is 1.54. The van der Waals surface area contributed by atoms with Crippen molar-refractivity contribution >= 4 is 0 Å². The quantitative estimate of drug-likeness (QED) is 0.602. The monoisotopic (exact) mass is 143 g/mol. The van der Waals surface area contributed by atoms with Crippen molar-refractivity contribution in [3.8, 4) is 0 Å². The Labute approximate surface area is 62.6 Å². The van der Waals surface area contributed by atoms with Crippen LogP contribution < -0.4 is 5.32 Å². The minimum atomic E-state index is -0.0892. The molecule has 1 rings (SSSR count). The van der Waals surface area contributed by atoms with E-state index in [1.165, 1.54) is 0 Å². The Balaban J connectivity index is 2.25. The first kappa shape index (κ1) is 8.02. The van der Waals surface area contributed by atoms with Gasteiger partial charge in [-0.15, -0.1) is 0 Å². The molecule has 1 aliphatic rings. The minimum absolute atomic E-state index is 0.0892. The van der Waals surface area contributed by atoms with Gasteiger partial charge in [0.15, 0.2) is 0 Å². The molecule has 2 heteroatoms. The maximum atomic E-state index is 9.44. The molecule has 1 saturated heterocycles. The van der Waals surface area contributed by atoms with Gasteiger partial charge in [-0.3, -0.25) is 0 Å². The fraction of sp³-hybridized carbons (Fsp3) is 1.00. The lowest BCUT2D eigenvalue weighted by Gasteiger charge is -2.28. The summed E-state index contributed by atoms with van der Waals surface area (Å²) in [6.45, 7) is 3.24. The van der Waals surface area contributed by atoms with Crippen LogP contribution >= 0.6 is 0 Å². The highest BCUT2D eigenvalue weighted by atomic mass is 16.3. The molecule has 0 bridgehead atoms. The summed E-state index contributed by atoms with van der Waals surface area (Å²) in [5.74, 6) is 0. The maximum absolute atomic E-state index is 9.44. The summed E-state index contributed by atoms with van der Waals surface area (Å²) < 4.78 is 0. The number of hydrogen-bond donors (Lipinski definition) is 2. The third-order valence-corrected chi connectivity index (χ3v) is 2.15. The van der Waals surface area contributed by atoms with Crippen LogP contribution in [0.5, 0.6) is 0 Å². The van der Waals surface area contributed by atoms with Gasteiger partial charge in [0.05, 0.1) is 6.10 Å². The van der Waals surface area contributed by atoms with Gasteiger partial charge in [-0.05, 0) is 25.8 Å². The van der Waals surface area contributed by atoms with Crippen LogP contribution in [0.25, 0.3) is 0 Å². The standard InChI is InChI=1S/C8H17NO/c1-2-4-7-8(10)5-3-6-9-7/h7-10H,2-6H2,1H3. The molecule has 0 aromatic rings. The number of aliphatic hydroxyl groups excluding tert-OH is 1. The van der Waals surface area contributed by atoms with E-state index in [4.69, 9.17) is 0 Å². The average Bonchev–Trinajstić information content (AvgIpc) is 1.94. The molecule has 2 nitrogen and oxygen atoms in total. The molecule has 10 heavy (non-hydrogen) atoms. The zero-order chi connectivity index (χ0) is 7.40. The average molecular weight is 143 g/mol. The number of rotatable bonds is 2. The summed E-state index contributed by atoms with van der Waals surface area (Å²) in [5, 5.41) is 12.8. The van der Waals surface area contributed by atoms with Crippen LogP contribution in [0.2, 0.25) is 0 Å². The molecule has 0 amide bonds. The second-order valence-corrected chi connectivity index (χ2v) is 3.06. The van der Waals surface area contributed by atoms with Crippen LogP contribution in [-0.2, 0) is 0 Å². The lowest BCUT2D eigenvalue weighted by molar-refractivity contribution is 0.0921. The van der Waals surface area contributed by atoms with Crippen molar-refractivity contribution in [1.29, 1.82) is 0 Å². The van der Waals surface area contributed by atoms with Gasteiger partial charge in [0.2, 0.25) is 0 Å². The topological polar surface area (TPSA) is 32.3 Å². The van der Waals surface area contributed by atoms with Gasteiger partial charge in [0.25, 0.3) is 0 Å². The van der Waals surface area contributed by atoms with Crippen LogP contribution in [0.4, 0.5) is 0 Å². The predicted molar refractivity (Wildman–Crippen MR) is 41.9 cm³/mol. The van der Waals surface area contributed by atoms with Crippen LogP contribution in [0.1, 0.15) is 32.6 Å². The van der Waals surface area contributed by atoms with Crippen molar-refractivity contribution in [3.05, 3.63) is 0 Å². The molecule has 0 aliphatic carbocycles. The molecular formula is C8H17NO. The highest BCUT2D eigenvalue weighted by Crippen LogP contribution is 2.12. The first-order valence-electron chi connectivity index (χ1n) is 4.26. The van der Waals surface area contributed by atoms with Crippen LogP contribution in [-0.4, -0.2) is 23.8 Å². The lowest BCUT2D eigenvalue weighted by atomic mass is 9.98. The molecule has 2 N–H and O–H groups in total. The Kier molecular flexibility index (Phi) is 3.16. The molecule has 0 saturated carbocycles. The van der Waals surface area contributed by atoms with Crippen LogP contribution in [0.3, 0.4) is 0 Å². The van der Waals surface area contributed by atoms with Gasteiger partial charge in [-0.2, -0.15) is 0 Å². The van der Waals surface area contributed by atoms with Crippen molar-refractivity contribution in [1.82, 2.24) is 5.32 Å². The largest absolute Gasteiger partial charge is 0.392 e. The zero-order valence-electron chi connectivity index (χ0n) is 6.64. The van der Waals surface area contributed by atoms with Gasteiger partial charge < -0.3 is 10.4 Å². The molecule has 2 atom stereocenters. The van der Waals surface area contributed by atoms with E-state index in [0.29, 0.717) is 6.04 Å². The Bertz CT molecular complexity index is 93.3. The number of nitrogens with one attached hydrogen (secondary N) is 1. The summed E-state index contributed by atoms with van der Waals surface area (Å²) in [7, 11) is 0. The fourth-order valence-electron chi connectivity index (χ4n) is 1.54. The van der Waals surface area contributed by atoms with E-state index < -0.39 is 0 Å². The van der Waals surface area contributed by atoms with E-state index in [9.17, 15) is 5.11 Å². The molecule has 0 aromatic heterocycles. The van der Waals surface area contributed by atoms with Gasteiger partial charge in [0, 0.05) is 6.04 Å². The normalized spacial score (nSPS) is 34.2. The molecule has 2 unspecified atom stereocenters. The van der Waals surface area contributed by atoms with E-state index in [1.807, 2.05) is 0 Å². The first-order valence-corrected chi connectivity index (χ1v) is 4.26. The molecule has 1 heterocycles. The van der Waals surface area contributed by atoms with E-state index in [1.54, 1.807) is 0 Å². The molecular weight excluding hydrogens is 126 g/mol. The molecule has 1 fully saturated rings. The number of piperidine rings is 1. The molecule has 1 aliphatic heterocycles. The molecule has 0 radical (unpaired) electrons. The van der Waals surface area contributed by atoms with Gasteiger partial charge in [0.1, 0.15) is 0 Å². The Morgan fingerprint density at radius 2 is 2.40 bits per heavy atom. The van der Waals surface area contributed by atoms with Crippen LogP contribution in [0.15, 0.2) is 0 Å². The Morgan fingerprint density at radius 1 is 1.60 bits per heavy atom. The third-order valence-electron chi connectivity index (χ3n) is 2.15. The number of hydrogen-bond acceptors (Lipinski definition) is 2. The Hall–Kier alpha value is -0.0800. The summed E-state index contributed by atoms with van der Waals surface area (Å²) in [6, 6.07) is 0.374. The molecule has 60 valence electrons. The summed E-state index contributed by atoms with van der Waals surface area (Å²) >= 11 is 0. The number of aliphatic hydroxyl groups is 1. The molecule has 0 spiro atoms. The zero-order valence-corrected chi connectivity index (χ0v) is 6.64. The van der Waals surface area contributed by atoms with Crippen molar-refractivity contribution in [3.63, 3.8) is 0 Å². The van der Waals surface area contributed by atoms with Gasteiger partial charge >= 0.3 is 0 Å². The second kappa shape index (κ2) is 3.94. The van der Waals surface area contributed by atoms with E-state index in [2.05, 4.69) is 12.2 Å². The predicted octanol–water partition coefficient (Wildman–Crippen LogP) is 0.899. The summed E-state index contributed by atoms with van der Waals surface area (Å²) in [5.41, 5.74) is 0. The van der Waals surface area contributed by atoms with Crippen molar-refractivity contribution in [2.45, 2.75) is 44.8 Å². The SMILES string of the molecule is CCCC1NCCCC1O. The van der Waals surface area contributed by atoms with Crippen molar-refractivity contribution < 1.29 is 5.11 Å². The lowest BCUT2D eigenvalue weighted by Crippen LogP contribution is -2.44. The summed E-state index contributed by atoms with van der Waals surface area (Å²) in [4.78, 5) is 0. The Morgan fingerprint density at radius 3 is 3.00 bits per heavy atom. The maximum Gasteiger partial charge on any atom is 0.0693 e. The summed E-state index contributed by atoms with van der Waals surface area (Å²) in [6.07, 6.45) is 4.29. The second-order valence-electron chi connectivity index (χ2n) is 3.06. The van der Waals surface area contributed by atoms with Crippen molar-refractivity contribution in [2.75, 3.05) is 6.54 Å². The smallest absolute Gasteiger partial charge is 0.0693 e. The van der Waals surface area contributed by atoms with Crippen molar-refractivity contribution in [2.24, 2.45) is 0 Å². The minimum Gasteiger partial charge on any atom is -0.392 e. The van der Waals surface area contributed by atoms with E-state index in [-0.39, 0.29) is 6.10 Å². The molecule has 0 aromatic carbocycles. The van der Waals surface area contributed by atoms with Crippen LogP contribution in [0, 0.1) is 0 Å². The first-order chi connectivity index (χ1) is 4.84. The van der Waals surface area contributed by atoms with E-state index >= 15 is 0 Å². The third kappa shape index (κ3) is 1.96. The van der Waals surface area contributed by atoms with Gasteiger partial charge in [-0.25, -0.2) is 0 Å². The van der Waals surface area contributed by atoms with E-state index in [0.717, 1.165) is 32.2 Å². The highest BCUT2D eigenvalue weighted by Gasteiger charge is 2.20.